The molecule has 0 unspecified atom stereocenters. The van der Waals surface area contributed by atoms with E-state index in [1.165, 1.54) is 30.3 Å². The molecule has 0 spiro atoms. The number of hydrogen-bond acceptors (Lipinski definition) is 5. The summed E-state index contributed by atoms with van der Waals surface area (Å²) in [5.41, 5.74) is 0.672. The van der Waals surface area contributed by atoms with Gasteiger partial charge in [0.15, 0.2) is 0 Å². The highest BCUT2D eigenvalue weighted by Crippen LogP contribution is 2.40. The van der Waals surface area contributed by atoms with Gasteiger partial charge in [0.1, 0.15) is 17.1 Å². The number of aromatic nitrogens is 2. The maximum Gasteiger partial charge on any atom is 0.218 e. The van der Waals surface area contributed by atoms with Crippen LogP contribution in [0.15, 0.2) is 36.4 Å². The molecule has 1 aromatic carbocycles. The van der Waals surface area contributed by atoms with Gasteiger partial charge in [0.2, 0.25) is 23.3 Å². The van der Waals surface area contributed by atoms with Gasteiger partial charge >= 0.3 is 0 Å². The Labute approximate surface area is 147 Å². The van der Waals surface area contributed by atoms with E-state index in [4.69, 9.17) is 0 Å². The quantitative estimate of drug-likeness (QED) is 0.578. The van der Waals surface area contributed by atoms with E-state index >= 15 is 0 Å². The Balaban J connectivity index is 1.87. The highest BCUT2D eigenvalue weighted by Gasteiger charge is 2.39. The van der Waals surface area contributed by atoms with E-state index in [1.807, 2.05) is 0 Å². The third-order valence-electron chi connectivity index (χ3n) is 4.41. The summed E-state index contributed by atoms with van der Waals surface area (Å²) in [5, 5.41) is 21.0. The minimum Gasteiger partial charge on any atom is -0.494 e. The molecular formula is C19H13FN2O4. The predicted octanol–water partition coefficient (Wildman–Crippen LogP) is 2.57. The Hall–Kier alpha value is -3.48. The summed E-state index contributed by atoms with van der Waals surface area (Å²) in [6.07, 6.45) is 0. The molecule has 6 nitrogen and oxygen atoms in total. The number of carbonyl (C=O) groups excluding carboxylic acids is 2. The number of aromatic hydroxyl groups is 2. The molecule has 7 heteroatoms. The van der Waals surface area contributed by atoms with E-state index in [-0.39, 0.29) is 28.9 Å². The number of benzene rings is 1. The van der Waals surface area contributed by atoms with Crippen LogP contribution in [0.2, 0.25) is 0 Å². The molecule has 2 aromatic heterocycles. The largest absolute Gasteiger partial charge is 0.494 e. The topological polar surface area (TPSA) is 92.4 Å². The zero-order valence-corrected chi connectivity index (χ0v) is 13.7. The van der Waals surface area contributed by atoms with Crippen LogP contribution in [0.4, 0.5) is 4.39 Å². The first-order valence-corrected chi connectivity index (χ1v) is 7.84. The van der Waals surface area contributed by atoms with Crippen molar-refractivity contribution >= 4 is 11.6 Å². The lowest BCUT2D eigenvalue weighted by Gasteiger charge is -2.13. The zero-order valence-electron chi connectivity index (χ0n) is 13.7. The third-order valence-corrected chi connectivity index (χ3v) is 4.41. The van der Waals surface area contributed by atoms with Crippen LogP contribution in [0.5, 0.6) is 11.8 Å². The zero-order chi connectivity index (χ0) is 18.6. The van der Waals surface area contributed by atoms with E-state index in [0.717, 1.165) is 4.57 Å². The van der Waals surface area contributed by atoms with E-state index < -0.39 is 29.1 Å². The standard InChI is InChI=1S/C19H13FN2O4/c1-9-2-7-12-15(21-9)17(24)14-13(16(12)23)18(25)22(19(14)26)8-10-3-5-11(20)6-4-10/h2-7,25-26H,8H2,1H3. The highest BCUT2D eigenvalue weighted by molar-refractivity contribution is 6.29. The van der Waals surface area contributed by atoms with Crippen molar-refractivity contribution in [2.45, 2.75) is 13.5 Å². The van der Waals surface area contributed by atoms with Gasteiger partial charge in [-0.15, -0.1) is 0 Å². The molecule has 0 saturated carbocycles. The average molecular weight is 352 g/mol. The minimum absolute atomic E-state index is 0.0334. The summed E-state index contributed by atoms with van der Waals surface area (Å²) in [4.78, 5) is 29.6. The Morgan fingerprint density at radius 3 is 2.23 bits per heavy atom. The predicted molar refractivity (Wildman–Crippen MR) is 89.1 cm³/mol. The molecule has 0 bridgehead atoms. The van der Waals surface area contributed by atoms with Crippen LogP contribution in [-0.4, -0.2) is 31.3 Å². The van der Waals surface area contributed by atoms with Gasteiger partial charge in [0.05, 0.1) is 17.7 Å². The molecule has 1 aliphatic carbocycles. The molecule has 2 heterocycles. The molecule has 0 amide bonds. The summed E-state index contributed by atoms with van der Waals surface area (Å²) >= 11 is 0. The molecule has 4 rings (SSSR count). The summed E-state index contributed by atoms with van der Waals surface area (Å²) in [5.74, 6) is -2.64. The smallest absolute Gasteiger partial charge is 0.218 e. The van der Waals surface area contributed by atoms with Gasteiger partial charge in [-0.05, 0) is 36.8 Å². The highest BCUT2D eigenvalue weighted by atomic mass is 19.1. The number of aryl methyl sites for hydroxylation is 1. The fourth-order valence-electron chi connectivity index (χ4n) is 3.11. The fraction of sp³-hybridized carbons (Fsp3) is 0.105. The van der Waals surface area contributed by atoms with E-state index in [1.54, 1.807) is 13.0 Å². The molecule has 130 valence electrons. The van der Waals surface area contributed by atoms with Gasteiger partial charge in [-0.3, -0.25) is 14.2 Å². The van der Waals surface area contributed by atoms with Crippen molar-refractivity contribution in [3.63, 3.8) is 0 Å². The lowest BCUT2D eigenvalue weighted by atomic mass is 9.89. The van der Waals surface area contributed by atoms with Gasteiger partial charge in [0, 0.05) is 5.69 Å². The Bertz CT molecular complexity index is 1080. The monoisotopic (exact) mass is 352 g/mol. The molecule has 3 aromatic rings. The molecule has 1 aliphatic rings. The number of carbonyl (C=O) groups is 2. The van der Waals surface area contributed by atoms with Crippen LogP contribution in [0.1, 0.15) is 43.2 Å². The van der Waals surface area contributed by atoms with Crippen LogP contribution in [-0.2, 0) is 6.54 Å². The Kier molecular flexibility index (Phi) is 3.40. The van der Waals surface area contributed by atoms with E-state index in [0.29, 0.717) is 11.3 Å². The van der Waals surface area contributed by atoms with Crippen LogP contribution >= 0.6 is 0 Å². The fourth-order valence-corrected chi connectivity index (χ4v) is 3.11. The number of rotatable bonds is 2. The third kappa shape index (κ3) is 2.21. The number of nitrogens with zero attached hydrogens (tertiary/aromatic N) is 2. The maximum atomic E-state index is 13.1. The van der Waals surface area contributed by atoms with Crippen molar-refractivity contribution in [1.82, 2.24) is 9.55 Å². The first kappa shape index (κ1) is 16.0. The van der Waals surface area contributed by atoms with Crippen molar-refractivity contribution in [2.75, 3.05) is 0 Å². The number of fused-ring (bicyclic) bond motifs is 2. The van der Waals surface area contributed by atoms with Crippen LogP contribution in [0.25, 0.3) is 0 Å². The summed E-state index contributed by atoms with van der Waals surface area (Å²) in [7, 11) is 0. The summed E-state index contributed by atoms with van der Waals surface area (Å²) in [6.45, 7) is 1.65. The van der Waals surface area contributed by atoms with Crippen LogP contribution in [0.3, 0.4) is 0 Å². The molecule has 0 atom stereocenters. The van der Waals surface area contributed by atoms with Gasteiger partial charge in [0.25, 0.3) is 0 Å². The van der Waals surface area contributed by atoms with E-state index in [2.05, 4.69) is 4.98 Å². The number of pyridine rings is 1. The number of halogens is 1. The van der Waals surface area contributed by atoms with Crippen molar-refractivity contribution < 1.29 is 24.2 Å². The molecule has 0 fully saturated rings. The second-order valence-electron chi connectivity index (χ2n) is 6.12. The molecular weight excluding hydrogens is 339 g/mol. The number of ketones is 2. The van der Waals surface area contributed by atoms with Crippen LogP contribution in [0, 0.1) is 12.7 Å². The van der Waals surface area contributed by atoms with E-state index in [9.17, 15) is 24.2 Å². The summed E-state index contributed by atoms with van der Waals surface area (Å²) in [6, 6.07) is 8.53. The van der Waals surface area contributed by atoms with Crippen molar-refractivity contribution in [3.05, 3.63) is 75.9 Å². The minimum atomic E-state index is -0.621. The second-order valence-corrected chi connectivity index (χ2v) is 6.12. The van der Waals surface area contributed by atoms with Crippen molar-refractivity contribution in [2.24, 2.45) is 0 Å². The maximum absolute atomic E-state index is 13.1. The Morgan fingerprint density at radius 2 is 1.58 bits per heavy atom. The number of hydrogen-bond donors (Lipinski definition) is 2. The molecule has 2 N–H and O–H groups in total. The molecule has 26 heavy (non-hydrogen) atoms. The first-order chi connectivity index (χ1) is 12.4. The lowest BCUT2D eigenvalue weighted by molar-refractivity contribution is 0.0972. The van der Waals surface area contributed by atoms with Gasteiger partial charge < -0.3 is 10.2 Å². The molecule has 0 saturated heterocycles. The summed E-state index contributed by atoms with van der Waals surface area (Å²) < 4.78 is 14.1. The SMILES string of the molecule is Cc1ccc2c(n1)C(=O)c1c(c(O)n(Cc3ccc(F)cc3)c1O)C2=O. The molecule has 0 radical (unpaired) electrons. The van der Waals surface area contributed by atoms with Gasteiger partial charge in [-0.1, -0.05) is 12.1 Å². The second kappa shape index (κ2) is 5.52. The van der Waals surface area contributed by atoms with Gasteiger partial charge in [-0.2, -0.15) is 0 Å². The van der Waals surface area contributed by atoms with Crippen molar-refractivity contribution in [1.29, 1.82) is 0 Å². The lowest BCUT2D eigenvalue weighted by Crippen LogP contribution is -2.21. The average Bonchev–Trinajstić information content (AvgIpc) is 2.86. The molecule has 0 aliphatic heterocycles. The normalized spacial score (nSPS) is 12.8. The first-order valence-electron chi connectivity index (χ1n) is 7.84. The Morgan fingerprint density at radius 1 is 0.962 bits per heavy atom. The van der Waals surface area contributed by atoms with Crippen LogP contribution < -0.4 is 0 Å². The van der Waals surface area contributed by atoms with Gasteiger partial charge in [-0.25, -0.2) is 9.37 Å². The van der Waals surface area contributed by atoms with Crippen molar-refractivity contribution in [3.8, 4) is 11.8 Å².